The molecule has 0 unspecified atom stereocenters. The van der Waals surface area contributed by atoms with Crippen LogP contribution < -0.4 is 5.32 Å². The van der Waals surface area contributed by atoms with Gasteiger partial charge in [-0.25, -0.2) is 0 Å². The van der Waals surface area contributed by atoms with Gasteiger partial charge in [-0.2, -0.15) is 5.10 Å². The highest BCUT2D eigenvalue weighted by molar-refractivity contribution is 5.81. The fourth-order valence-corrected chi connectivity index (χ4v) is 3.63. The maximum absolute atomic E-state index is 12.8. The van der Waals surface area contributed by atoms with E-state index in [4.69, 9.17) is 4.74 Å². The Morgan fingerprint density at radius 3 is 2.74 bits per heavy atom. The first-order valence-electron chi connectivity index (χ1n) is 9.80. The second-order valence-corrected chi connectivity index (χ2v) is 8.43. The van der Waals surface area contributed by atoms with Crippen molar-refractivity contribution in [1.29, 1.82) is 0 Å². The predicted molar refractivity (Wildman–Crippen MR) is 104 cm³/mol. The van der Waals surface area contributed by atoms with Crippen LogP contribution in [-0.4, -0.2) is 52.3 Å². The molecule has 0 saturated carbocycles. The van der Waals surface area contributed by atoms with E-state index in [-0.39, 0.29) is 35.2 Å². The first kappa shape index (κ1) is 21.4. The van der Waals surface area contributed by atoms with E-state index >= 15 is 0 Å². The summed E-state index contributed by atoms with van der Waals surface area (Å²) in [5.74, 6) is 0.189. The molecule has 0 bridgehead atoms. The molecule has 2 rings (SSSR count). The third kappa shape index (κ3) is 5.09. The van der Waals surface area contributed by atoms with E-state index in [1.54, 1.807) is 7.11 Å². The van der Waals surface area contributed by atoms with Crippen molar-refractivity contribution < 1.29 is 14.3 Å². The summed E-state index contributed by atoms with van der Waals surface area (Å²) in [6, 6.07) is -0.0916. The standard InChI is InChI=1S/C20H34N4O3/c1-7-14(2)19(26)21-11-15-10-17(25)24(20(3,4)5)18(15)16-12-22-23(13-16)8-9-27-6/h12-15,18H,7-11H2,1-6H3,(H,21,26)/t14-,15+,18-/m1/s1. The summed E-state index contributed by atoms with van der Waals surface area (Å²) in [6.45, 7) is 11.8. The quantitative estimate of drug-likeness (QED) is 0.753. The average Bonchev–Trinajstić information content (AvgIpc) is 3.20. The molecular formula is C20H34N4O3. The molecule has 0 spiro atoms. The minimum atomic E-state index is -0.300. The Balaban J connectivity index is 2.23. The maximum atomic E-state index is 12.8. The number of carbonyl (C=O) groups is 2. The van der Waals surface area contributed by atoms with Crippen LogP contribution in [0, 0.1) is 11.8 Å². The van der Waals surface area contributed by atoms with Gasteiger partial charge in [0.05, 0.1) is 25.4 Å². The monoisotopic (exact) mass is 378 g/mol. The third-order valence-electron chi connectivity index (χ3n) is 5.27. The normalized spacial score (nSPS) is 21.6. The summed E-state index contributed by atoms with van der Waals surface area (Å²) >= 11 is 0. The Hall–Kier alpha value is -1.89. The molecule has 152 valence electrons. The van der Waals surface area contributed by atoms with Gasteiger partial charge in [0.1, 0.15) is 0 Å². The SMILES string of the molecule is CC[C@@H](C)C(=O)NC[C@@H]1CC(=O)N(C(C)(C)C)[C@H]1c1cnn(CCOC)c1. The van der Waals surface area contributed by atoms with Crippen LogP contribution in [0.25, 0.3) is 0 Å². The molecule has 1 aliphatic heterocycles. The zero-order valence-electron chi connectivity index (χ0n) is 17.5. The van der Waals surface area contributed by atoms with E-state index in [2.05, 4.69) is 10.4 Å². The number of hydrogen-bond acceptors (Lipinski definition) is 4. The number of rotatable bonds is 8. The van der Waals surface area contributed by atoms with Crippen molar-refractivity contribution >= 4 is 11.8 Å². The molecule has 1 fully saturated rings. The highest BCUT2D eigenvalue weighted by Crippen LogP contribution is 2.42. The number of aromatic nitrogens is 2. The van der Waals surface area contributed by atoms with Gasteiger partial charge in [-0.15, -0.1) is 0 Å². The van der Waals surface area contributed by atoms with E-state index in [1.165, 1.54) is 0 Å². The van der Waals surface area contributed by atoms with Crippen LogP contribution >= 0.6 is 0 Å². The molecule has 2 heterocycles. The lowest BCUT2D eigenvalue weighted by Crippen LogP contribution is -2.45. The highest BCUT2D eigenvalue weighted by Gasteiger charge is 2.45. The van der Waals surface area contributed by atoms with Crippen LogP contribution in [-0.2, 0) is 20.9 Å². The number of carbonyl (C=O) groups excluding carboxylic acids is 2. The summed E-state index contributed by atoms with van der Waals surface area (Å²) in [5, 5.41) is 7.47. The van der Waals surface area contributed by atoms with Crippen molar-refractivity contribution in [2.75, 3.05) is 20.3 Å². The highest BCUT2D eigenvalue weighted by atomic mass is 16.5. The number of nitrogens with zero attached hydrogens (tertiary/aromatic N) is 3. The van der Waals surface area contributed by atoms with Crippen LogP contribution in [0.15, 0.2) is 12.4 Å². The maximum Gasteiger partial charge on any atom is 0.223 e. The Morgan fingerprint density at radius 1 is 1.44 bits per heavy atom. The van der Waals surface area contributed by atoms with Gasteiger partial charge in [0.2, 0.25) is 11.8 Å². The number of amides is 2. The predicted octanol–water partition coefficient (Wildman–Crippen LogP) is 2.38. The van der Waals surface area contributed by atoms with Gasteiger partial charge in [0, 0.05) is 49.2 Å². The fourth-order valence-electron chi connectivity index (χ4n) is 3.63. The topological polar surface area (TPSA) is 76.5 Å². The molecule has 1 saturated heterocycles. The molecule has 7 nitrogen and oxygen atoms in total. The largest absolute Gasteiger partial charge is 0.383 e. The molecular weight excluding hydrogens is 344 g/mol. The van der Waals surface area contributed by atoms with Gasteiger partial charge < -0.3 is 15.0 Å². The molecule has 7 heteroatoms. The Kier molecular flexibility index (Phi) is 7.03. The zero-order chi connectivity index (χ0) is 20.2. The number of methoxy groups -OCH3 is 1. The summed E-state index contributed by atoms with van der Waals surface area (Å²) in [5.41, 5.74) is 0.709. The molecule has 1 aromatic heterocycles. The summed E-state index contributed by atoms with van der Waals surface area (Å²) in [4.78, 5) is 27.0. The lowest BCUT2D eigenvalue weighted by molar-refractivity contribution is -0.133. The second-order valence-electron chi connectivity index (χ2n) is 8.43. The number of hydrogen-bond donors (Lipinski definition) is 1. The molecule has 0 radical (unpaired) electrons. The van der Waals surface area contributed by atoms with Crippen LogP contribution in [0.3, 0.4) is 0 Å². The molecule has 0 aromatic carbocycles. The lowest BCUT2D eigenvalue weighted by Gasteiger charge is -2.38. The van der Waals surface area contributed by atoms with Crippen molar-refractivity contribution in [1.82, 2.24) is 20.0 Å². The van der Waals surface area contributed by atoms with Gasteiger partial charge in [-0.3, -0.25) is 14.3 Å². The molecule has 1 aliphatic rings. The van der Waals surface area contributed by atoms with Gasteiger partial charge in [0.15, 0.2) is 0 Å². The number of nitrogens with one attached hydrogen (secondary N) is 1. The van der Waals surface area contributed by atoms with E-state index < -0.39 is 0 Å². The molecule has 2 amide bonds. The summed E-state index contributed by atoms with van der Waals surface area (Å²) < 4.78 is 6.96. The van der Waals surface area contributed by atoms with Crippen molar-refractivity contribution in [2.45, 2.75) is 65.6 Å². The Morgan fingerprint density at radius 2 is 2.15 bits per heavy atom. The molecule has 1 N–H and O–H groups in total. The van der Waals surface area contributed by atoms with Gasteiger partial charge >= 0.3 is 0 Å². The van der Waals surface area contributed by atoms with E-state index in [9.17, 15) is 9.59 Å². The Bertz CT molecular complexity index is 650. The fraction of sp³-hybridized carbons (Fsp3) is 0.750. The van der Waals surface area contributed by atoms with E-state index in [0.717, 1.165) is 12.0 Å². The van der Waals surface area contributed by atoms with Crippen LogP contribution in [0.4, 0.5) is 0 Å². The smallest absolute Gasteiger partial charge is 0.223 e. The van der Waals surface area contributed by atoms with E-state index in [0.29, 0.717) is 26.1 Å². The molecule has 1 aromatic rings. The van der Waals surface area contributed by atoms with Gasteiger partial charge in [-0.1, -0.05) is 13.8 Å². The molecule has 3 atom stereocenters. The van der Waals surface area contributed by atoms with Crippen molar-refractivity contribution in [3.63, 3.8) is 0 Å². The number of ether oxygens (including phenoxy) is 1. The minimum absolute atomic E-state index is 0.0175. The summed E-state index contributed by atoms with van der Waals surface area (Å²) in [6.07, 6.45) is 5.07. The first-order chi connectivity index (χ1) is 12.7. The molecule has 27 heavy (non-hydrogen) atoms. The Labute approximate surface area is 162 Å². The zero-order valence-corrected chi connectivity index (χ0v) is 17.5. The van der Waals surface area contributed by atoms with Crippen molar-refractivity contribution in [3.05, 3.63) is 18.0 Å². The van der Waals surface area contributed by atoms with Crippen LogP contribution in [0.5, 0.6) is 0 Å². The number of likely N-dealkylation sites (tertiary alicyclic amines) is 1. The van der Waals surface area contributed by atoms with E-state index in [1.807, 2.05) is 56.6 Å². The van der Waals surface area contributed by atoms with Crippen LogP contribution in [0.1, 0.15) is 59.1 Å². The third-order valence-corrected chi connectivity index (χ3v) is 5.27. The van der Waals surface area contributed by atoms with Gasteiger partial charge in [-0.05, 0) is 27.2 Å². The average molecular weight is 379 g/mol. The van der Waals surface area contributed by atoms with Crippen LogP contribution in [0.2, 0.25) is 0 Å². The minimum Gasteiger partial charge on any atom is -0.383 e. The van der Waals surface area contributed by atoms with Gasteiger partial charge in [0.25, 0.3) is 0 Å². The summed E-state index contributed by atoms with van der Waals surface area (Å²) in [7, 11) is 1.66. The van der Waals surface area contributed by atoms with Crippen molar-refractivity contribution in [2.24, 2.45) is 11.8 Å². The molecule has 0 aliphatic carbocycles. The first-order valence-corrected chi connectivity index (χ1v) is 9.80. The van der Waals surface area contributed by atoms with Crippen molar-refractivity contribution in [3.8, 4) is 0 Å². The lowest BCUT2D eigenvalue weighted by atomic mass is 9.93. The second kappa shape index (κ2) is 8.87.